The van der Waals surface area contributed by atoms with E-state index in [1.54, 1.807) is 18.4 Å². The molecule has 0 bridgehead atoms. The molecule has 0 radical (unpaired) electrons. The summed E-state index contributed by atoms with van der Waals surface area (Å²) in [5, 5.41) is 6.53. The van der Waals surface area contributed by atoms with Gasteiger partial charge < -0.3 is 10.1 Å². The van der Waals surface area contributed by atoms with Crippen LogP contribution in [0.25, 0.3) is 10.6 Å². The Labute approximate surface area is 118 Å². The van der Waals surface area contributed by atoms with Crippen molar-refractivity contribution in [3.63, 3.8) is 0 Å². The van der Waals surface area contributed by atoms with Crippen LogP contribution in [-0.2, 0) is 6.54 Å². The quantitative estimate of drug-likeness (QED) is 0.876. The number of para-hydroxylation sites is 1. The van der Waals surface area contributed by atoms with Gasteiger partial charge in [-0.1, -0.05) is 26.0 Å². The van der Waals surface area contributed by atoms with E-state index in [2.05, 4.69) is 29.5 Å². The fraction of sp³-hybridized carbons (Fsp3) is 0.400. The van der Waals surface area contributed by atoms with E-state index in [4.69, 9.17) is 4.74 Å². The number of methoxy groups -OCH3 is 1. The summed E-state index contributed by atoms with van der Waals surface area (Å²) in [5.41, 5.74) is 2.15. The van der Waals surface area contributed by atoms with Crippen LogP contribution in [0.3, 0.4) is 0 Å². The van der Waals surface area contributed by atoms with Crippen LogP contribution in [0.15, 0.2) is 29.6 Å². The SMILES string of the molecule is COc1ccccc1-c1nc(CNCC(C)C)cs1. The first-order chi connectivity index (χ1) is 9.20. The predicted octanol–water partition coefficient (Wildman–Crippen LogP) is 3.56. The zero-order valence-electron chi connectivity index (χ0n) is 11.6. The van der Waals surface area contributed by atoms with E-state index >= 15 is 0 Å². The van der Waals surface area contributed by atoms with Crippen LogP contribution in [0.1, 0.15) is 19.5 Å². The van der Waals surface area contributed by atoms with E-state index in [1.807, 2.05) is 24.3 Å². The highest BCUT2D eigenvalue weighted by Crippen LogP contribution is 2.31. The number of thiazole rings is 1. The van der Waals surface area contributed by atoms with Crippen molar-refractivity contribution in [3.8, 4) is 16.3 Å². The lowest BCUT2D eigenvalue weighted by molar-refractivity contribution is 0.416. The number of aromatic nitrogens is 1. The normalized spacial score (nSPS) is 10.9. The molecule has 0 spiro atoms. The number of nitrogens with one attached hydrogen (secondary N) is 1. The Hall–Kier alpha value is -1.39. The molecule has 0 aliphatic rings. The fourth-order valence-electron chi connectivity index (χ4n) is 1.82. The lowest BCUT2D eigenvalue weighted by Crippen LogP contribution is -2.19. The summed E-state index contributed by atoms with van der Waals surface area (Å²) in [6, 6.07) is 7.99. The standard InChI is InChI=1S/C15H20N2OS/c1-11(2)8-16-9-12-10-19-15(17-12)13-6-4-5-7-14(13)18-3/h4-7,10-11,16H,8-9H2,1-3H3. The summed E-state index contributed by atoms with van der Waals surface area (Å²) in [6.07, 6.45) is 0. The van der Waals surface area contributed by atoms with E-state index < -0.39 is 0 Å². The molecule has 0 aliphatic carbocycles. The Bertz CT molecular complexity index is 522. The van der Waals surface area contributed by atoms with Crippen molar-refractivity contribution in [1.82, 2.24) is 10.3 Å². The maximum atomic E-state index is 5.37. The molecule has 2 rings (SSSR count). The average Bonchev–Trinajstić information content (AvgIpc) is 2.87. The predicted molar refractivity (Wildman–Crippen MR) is 80.6 cm³/mol. The molecule has 0 aliphatic heterocycles. The van der Waals surface area contributed by atoms with Crippen LogP contribution < -0.4 is 10.1 Å². The van der Waals surface area contributed by atoms with Gasteiger partial charge in [0, 0.05) is 11.9 Å². The lowest BCUT2D eigenvalue weighted by atomic mass is 10.2. The van der Waals surface area contributed by atoms with Crippen LogP contribution >= 0.6 is 11.3 Å². The van der Waals surface area contributed by atoms with Gasteiger partial charge in [0.05, 0.1) is 18.4 Å². The first-order valence-corrected chi connectivity index (χ1v) is 7.37. The third-order valence-electron chi connectivity index (χ3n) is 2.75. The highest BCUT2D eigenvalue weighted by molar-refractivity contribution is 7.13. The molecule has 1 aromatic heterocycles. The zero-order chi connectivity index (χ0) is 13.7. The van der Waals surface area contributed by atoms with Gasteiger partial charge in [0.25, 0.3) is 0 Å². The molecule has 0 saturated heterocycles. The highest BCUT2D eigenvalue weighted by atomic mass is 32.1. The zero-order valence-corrected chi connectivity index (χ0v) is 12.5. The molecule has 1 N–H and O–H groups in total. The van der Waals surface area contributed by atoms with Gasteiger partial charge in [-0.15, -0.1) is 11.3 Å². The molecule has 1 heterocycles. The fourth-order valence-corrected chi connectivity index (χ4v) is 2.67. The molecule has 0 atom stereocenters. The second kappa shape index (κ2) is 6.68. The topological polar surface area (TPSA) is 34.1 Å². The summed E-state index contributed by atoms with van der Waals surface area (Å²) in [4.78, 5) is 4.66. The summed E-state index contributed by atoms with van der Waals surface area (Å²) >= 11 is 1.66. The van der Waals surface area contributed by atoms with E-state index in [0.717, 1.165) is 35.1 Å². The summed E-state index contributed by atoms with van der Waals surface area (Å²) in [6.45, 7) is 6.24. The third-order valence-corrected chi connectivity index (χ3v) is 3.67. The minimum absolute atomic E-state index is 0.660. The number of hydrogen-bond acceptors (Lipinski definition) is 4. The number of hydrogen-bond donors (Lipinski definition) is 1. The molecule has 1 aromatic carbocycles. The smallest absolute Gasteiger partial charge is 0.129 e. The van der Waals surface area contributed by atoms with Crippen molar-refractivity contribution in [2.45, 2.75) is 20.4 Å². The van der Waals surface area contributed by atoms with Gasteiger partial charge in [0.2, 0.25) is 0 Å². The monoisotopic (exact) mass is 276 g/mol. The number of nitrogens with zero attached hydrogens (tertiary/aromatic N) is 1. The second-order valence-corrected chi connectivity index (χ2v) is 5.73. The Balaban J connectivity index is 2.08. The van der Waals surface area contributed by atoms with Crippen molar-refractivity contribution >= 4 is 11.3 Å². The van der Waals surface area contributed by atoms with Gasteiger partial charge >= 0.3 is 0 Å². The van der Waals surface area contributed by atoms with E-state index in [0.29, 0.717) is 5.92 Å². The highest BCUT2D eigenvalue weighted by Gasteiger charge is 2.09. The Morgan fingerprint density at radius 1 is 1.32 bits per heavy atom. The number of rotatable bonds is 6. The number of benzene rings is 1. The van der Waals surface area contributed by atoms with Gasteiger partial charge in [-0.3, -0.25) is 0 Å². The third kappa shape index (κ3) is 3.78. The Kier molecular flexibility index (Phi) is 4.93. The van der Waals surface area contributed by atoms with Crippen molar-refractivity contribution in [2.75, 3.05) is 13.7 Å². The molecule has 3 nitrogen and oxygen atoms in total. The van der Waals surface area contributed by atoms with Gasteiger partial charge in [-0.2, -0.15) is 0 Å². The molecule has 19 heavy (non-hydrogen) atoms. The minimum atomic E-state index is 0.660. The molecule has 0 amide bonds. The van der Waals surface area contributed by atoms with Crippen LogP contribution in [-0.4, -0.2) is 18.6 Å². The van der Waals surface area contributed by atoms with E-state index in [9.17, 15) is 0 Å². The van der Waals surface area contributed by atoms with E-state index in [1.165, 1.54) is 0 Å². The lowest BCUT2D eigenvalue weighted by Gasteiger charge is -2.05. The summed E-state index contributed by atoms with van der Waals surface area (Å²) < 4.78 is 5.37. The van der Waals surface area contributed by atoms with Gasteiger partial charge in [-0.05, 0) is 24.6 Å². The molecule has 102 valence electrons. The molecule has 0 unspecified atom stereocenters. The first kappa shape index (κ1) is 14.0. The summed E-state index contributed by atoms with van der Waals surface area (Å²) in [7, 11) is 1.69. The second-order valence-electron chi connectivity index (χ2n) is 4.87. The van der Waals surface area contributed by atoms with Crippen molar-refractivity contribution in [3.05, 3.63) is 35.3 Å². The van der Waals surface area contributed by atoms with Crippen LogP contribution in [0.4, 0.5) is 0 Å². The van der Waals surface area contributed by atoms with Crippen molar-refractivity contribution < 1.29 is 4.74 Å². The van der Waals surface area contributed by atoms with Gasteiger partial charge in [-0.25, -0.2) is 4.98 Å². The largest absolute Gasteiger partial charge is 0.496 e. The summed E-state index contributed by atoms with van der Waals surface area (Å²) in [5.74, 6) is 1.53. The minimum Gasteiger partial charge on any atom is -0.496 e. The Morgan fingerprint density at radius 2 is 2.11 bits per heavy atom. The molecule has 0 saturated carbocycles. The van der Waals surface area contributed by atoms with Crippen molar-refractivity contribution in [1.29, 1.82) is 0 Å². The average molecular weight is 276 g/mol. The Morgan fingerprint density at radius 3 is 2.84 bits per heavy atom. The van der Waals surface area contributed by atoms with Crippen LogP contribution in [0, 0.1) is 5.92 Å². The van der Waals surface area contributed by atoms with Crippen molar-refractivity contribution in [2.24, 2.45) is 5.92 Å². The van der Waals surface area contributed by atoms with E-state index in [-0.39, 0.29) is 0 Å². The van der Waals surface area contributed by atoms with Crippen LogP contribution in [0.5, 0.6) is 5.75 Å². The van der Waals surface area contributed by atoms with Gasteiger partial charge in [0.15, 0.2) is 0 Å². The maximum absolute atomic E-state index is 5.37. The van der Waals surface area contributed by atoms with Crippen LogP contribution in [0.2, 0.25) is 0 Å². The maximum Gasteiger partial charge on any atom is 0.129 e. The molecular formula is C15H20N2OS. The first-order valence-electron chi connectivity index (χ1n) is 6.49. The molecule has 0 fully saturated rings. The van der Waals surface area contributed by atoms with Gasteiger partial charge in [0.1, 0.15) is 10.8 Å². The molecule has 4 heteroatoms. The molecule has 2 aromatic rings. The number of ether oxygens (including phenoxy) is 1. The molecular weight excluding hydrogens is 256 g/mol.